The quantitative estimate of drug-likeness (QED) is 0.650. The number of carbonyl (C=O) groups is 1. The molecule has 0 bridgehead atoms. The van der Waals surface area contributed by atoms with Crippen molar-refractivity contribution in [2.24, 2.45) is 5.92 Å². The fourth-order valence-electron chi connectivity index (χ4n) is 3.72. The molecular formula is C22H24ClF3N2O. The number of para-hydroxylation sites is 1. The van der Waals surface area contributed by atoms with Crippen molar-refractivity contribution >= 4 is 23.2 Å². The van der Waals surface area contributed by atoms with Gasteiger partial charge < -0.3 is 5.32 Å². The standard InChI is InChI=1S/C22H24ClF3N2O/c23-19-8-4-7-18(22(24,25)26)21(19)27-20(29)15-28-13-11-17(12-14-28)10-9-16-5-2-1-3-6-16/h1-8,17H,9-15H2,(H,27,29). The van der Waals surface area contributed by atoms with Crippen LogP contribution in [0.25, 0.3) is 0 Å². The molecule has 0 aliphatic carbocycles. The predicted octanol–water partition coefficient (Wildman–Crippen LogP) is 5.64. The van der Waals surface area contributed by atoms with E-state index < -0.39 is 17.6 Å². The lowest BCUT2D eigenvalue weighted by Crippen LogP contribution is -2.39. The molecule has 0 saturated carbocycles. The number of amides is 1. The van der Waals surface area contributed by atoms with Gasteiger partial charge in [0.15, 0.2) is 0 Å². The van der Waals surface area contributed by atoms with Crippen molar-refractivity contribution in [3.8, 4) is 0 Å². The molecule has 29 heavy (non-hydrogen) atoms. The Morgan fingerprint density at radius 3 is 2.41 bits per heavy atom. The summed E-state index contributed by atoms with van der Waals surface area (Å²) in [4.78, 5) is 14.3. The van der Waals surface area contributed by atoms with E-state index in [9.17, 15) is 18.0 Å². The van der Waals surface area contributed by atoms with Crippen molar-refractivity contribution in [2.75, 3.05) is 25.0 Å². The topological polar surface area (TPSA) is 32.3 Å². The molecule has 0 radical (unpaired) electrons. The van der Waals surface area contributed by atoms with Crippen LogP contribution in [-0.4, -0.2) is 30.4 Å². The molecule has 1 heterocycles. The number of hydrogen-bond acceptors (Lipinski definition) is 2. The molecule has 2 aromatic carbocycles. The maximum Gasteiger partial charge on any atom is 0.418 e. The summed E-state index contributed by atoms with van der Waals surface area (Å²) in [6.07, 6.45) is -0.456. The van der Waals surface area contributed by atoms with Crippen LogP contribution in [0.3, 0.4) is 0 Å². The number of piperidine rings is 1. The average Bonchev–Trinajstić information content (AvgIpc) is 2.69. The maximum atomic E-state index is 13.2. The molecule has 2 aromatic rings. The van der Waals surface area contributed by atoms with Crippen LogP contribution in [0.5, 0.6) is 0 Å². The average molecular weight is 425 g/mol. The maximum absolute atomic E-state index is 13.2. The summed E-state index contributed by atoms with van der Waals surface area (Å²) in [7, 11) is 0. The first-order chi connectivity index (χ1) is 13.8. The minimum absolute atomic E-state index is 0.0634. The summed E-state index contributed by atoms with van der Waals surface area (Å²) in [5.41, 5.74) is 0.0249. The highest BCUT2D eigenvalue weighted by Crippen LogP contribution is 2.38. The first kappa shape index (κ1) is 21.7. The zero-order chi connectivity index (χ0) is 20.9. The molecule has 1 aliphatic rings. The second-order valence-corrected chi connectivity index (χ2v) is 7.86. The van der Waals surface area contributed by atoms with Gasteiger partial charge in [0.1, 0.15) is 0 Å². The van der Waals surface area contributed by atoms with Gasteiger partial charge in [0, 0.05) is 0 Å². The first-order valence-corrected chi connectivity index (χ1v) is 10.1. The lowest BCUT2D eigenvalue weighted by Gasteiger charge is -2.31. The Labute approximate surface area is 173 Å². The molecule has 1 saturated heterocycles. The largest absolute Gasteiger partial charge is 0.418 e. The predicted molar refractivity (Wildman–Crippen MR) is 109 cm³/mol. The molecule has 0 spiro atoms. The number of rotatable bonds is 6. The van der Waals surface area contributed by atoms with Gasteiger partial charge in [-0.25, -0.2) is 0 Å². The lowest BCUT2D eigenvalue weighted by atomic mass is 9.90. The summed E-state index contributed by atoms with van der Waals surface area (Å²) in [6.45, 7) is 1.59. The Morgan fingerprint density at radius 1 is 1.07 bits per heavy atom. The Kier molecular flexibility index (Phi) is 7.19. The number of nitrogens with one attached hydrogen (secondary N) is 1. The Balaban J connectivity index is 1.48. The monoisotopic (exact) mass is 424 g/mol. The minimum Gasteiger partial charge on any atom is -0.323 e. The van der Waals surface area contributed by atoms with Gasteiger partial charge in [0.2, 0.25) is 5.91 Å². The Hall–Kier alpha value is -2.05. The number of alkyl halides is 3. The molecule has 3 nitrogen and oxygen atoms in total. The van der Waals surface area contributed by atoms with Crippen molar-refractivity contribution in [3.05, 3.63) is 64.7 Å². The zero-order valence-electron chi connectivity index (χ0n) is 16.0. The second-order valence-electron chi connectivity index (χ2n) is 7.45. The van der Waals surface area contributed by atoms with Gasteiger partial charge in [-0.1, -0.05) is 48.0 Å². The Bertz CT molecular complexity index is 819. The van der Waals surface area contributed by atoms with Crippen LogP contribution in [-0.2, 0) is 17.4 Å². The number of nitrogens with zero attached hydrogens (tertiary/aromatic N) is 1. The van der Waals surface area contributed by atoms with Gasteiger partial charge in [-0.2, -0.15) is 13.2 Å². The van der Waals surface area contributed by atoms with E-state index in [0.717, 1.165) is 44.8 Å². The molecule has 1 amide bonds. The number of hydrogen-bond donors (Lipinski definition) is 1. The summed E-state index contributed by atoms with van der Waals surface area (Å²) in [5, 5.41) is 2.24. The molecule has 7 heteroatoms. The molecule has 3 rings (SSSR count). The van der Waals surface area contributed by atoms with E-state index in [-0.39, 0.29) is 17.3 Å². The number of carbonyl (C=O) groups excluding carboxylic acids is 1. The van der Waals surface area contributed by atoms with Crippen LogP contribution in [0.1, 0.15) is 30.4 Å². The normalized spacial score (nSPS) is 16.0. The molecule has 0 unspecified atom stereocenters. The van der Waals surface area contributed by atoms with E-state index in [1.807, 2.05) is 23.1 Å². The number of anilines is 1. The first-order valence-electron chi connectivity index (χ1n) is 9.75. The van der Waals surface area contributed by atoms with Crippen LogP contribution in [0.15, 0.2) is 48.5 Å². The highest BCUT2D eigenvalue weighted by Gasteiger charge is 2.35. The molecule has 1 N–H and O–H groups in total. The van der Waals surface area contributed by atoms with Crippen LogP contribution in [0, 0.1) is 5.92 Å². The lowest BCUT2D eigenvalue weighted by molar-refractivity contribution is -0.137. The Morgan fingerprint density at radius 2 is 1.76 bits per heavy atom. The second kappa shape index (κ2) is 9.63. The van der Waals surface area contributed by atoms with Crippen LogP contribution >= 0.6 is 11.6 Å². The molecule has 0 atom stereocenters. The molecule has 1 aliphatic heterocycles. The van der Waals surface area contributed by atoms with Crippen molar-refractivity contribution < 1.29 is 18.0 Å². The van der Waals surface area contributed by atoms with Crippen LogP contribution in [0.4, 0.5) is 18.9 Å². The van der Waals surface area contributed by atoms with Gasteiger partial charge >= 0.3 is 6.18 Å². The smallest absolute Gasteiger partial charge is 0.323 e. The number of benzene rings is 2. The zero-order valence-corrected chi connectivity index (χ0v) is 16.8. The number of halogens is 4. The highest BCUT2D eigenvalue weighted by atomic mass is 35.5. The third kappa shape index (κ3) is 6.21. The van der Waals surface area contributed by atoms with Gasteiger partial charge in [-0.15, -0.1) is 0 Å². The van der Waals surface area contributed by atoms with Crippen molar-refractivity contribution in [3.63, 3.8) is 0 Å². The fraction of sp³-hybridized carbons (Fsp3) is 0.409. The SMILES string of the molecule is O=C(CN1CCC(CCc2ccccc2)CC1)Nc1c(Cl)cccc1C(F)(F)F. The van der Waals surface area contributed by atoms with Gasteiger partial charge in [-0.3, -0.25) is 9.69 Å². The van der Waals surface area contributed by atoms with Crippen molar-refractivity contribution in [1.29, 1.82) is 0 Å². The van der Waals surface area contributed by atoms with Crippen molar-refractivity contribution in [1.82, 2.24) is 4.90 Å². The third-order valence-electron chi connectivity index (χ3n) is 5.34. The molecule has 156 valence electrons. The minimum atomic E-state index is -4.58. The highest BCUT2D eigenvalue weighted by molar-refractivity contribution is 6.34. The fourth-order valence-corrected chi connectivity index (χ4v) is 3.94. The van der Waals surface area contributed by atoms with E-state index in [1.165, 1.54) is 17.7 Å². The third-order valence-corrected chi connectivity index (χ3v) is 5.66. The van der Waals surface area contributed by atoms with Gasteiger partial charge in [0.25, 0.3) is 0 Å². The molecule has 1 fully saturated rings. The van der Waals surface area contributed by atoms with E-state index in [4.69, 9.17) is 11.6 Å². The summed E-state index contributed by atoms with van der Waals surface area (Å²) < 4.78 is 39.5. The number of likely N-dealkylation sites (tertiary alicyclic amines) is 1. The molecular weight excluding hydrogens is 401 g/mol. The number of aryl methyl sites for hydroxylation is 1. The van der Waals surface area contributed by atoms with E-state index in [1.54, 1.807) is 0 Å². The van der Waals surface area contributed by atoms with E-state index >= 15 is 0 Å². The summed E-state index contributed by atoms with van der Waals surface area (Å²) >= 11 is 5.90. The van der Waals surface area contributed by atoms with Gasteiger partial charge in [0.05, 0.1) is 22.8 Å². The molecule has 0 aromatic heterocycles. The van der Waals surface area contributed by atoms with Crippen LogP contribution in [0.2, 0.25) is 5.02 Å². The van der Waals surface area contributed by atoms with E-state index in [0.29, 0.717) is 5.92 Å². The van der Waals surface area contributed by atoms with Gasteiger partial charge in [-0.05, 0) is 62.4 Å². The summed E-state index contributed by atoms with van der Waals surface area (Å²) in [6, 6.07) is 13.8. The van der Waals surface area contributed by atoms with E-state index in [2.05, 4.69) is 17.4 Å². The van der Waals surface area contributed by atoms with Crippen LogP contribution < -0.4 is 5.32 Å². The van der Waals surface area contributed by atoms with Crippen molar-refractivity contribution in [2.45, 2.75) is 31.9 Å². The summed E-state index contributed by atoms with van der Waals surface area (Å²) in [5.74, 6) is 0.126.